The summed E-state index contributed by atoms with van der Waals surface area (Å²) in [6.07, 6.45) is 4.82. The van der Waals surface area contributed by atoms with Crippen molar-refractivity contribution in [1.29, 1.82) is 0 Å². The van der Waals surface area contributed by atoms with E-state index in [1.54, 1.807) is 6.20 Å². The first-order chi connectivity index (χ1) is 12.2. The van der Waals surface area contributed by atoms with E-state index in [0.29, 0.717) is 31.2 Å². The highest BCUT2D eigenvalue weighted by atomic mass is 32.1. The Morgan fingerprint density at radius 3 is 2.84 bits per heavy atom. The van der Waals surface area contributed by atoms with E-state index >= 15 is 0 Å². The minimum absolute atomic E-state index is 0.105. The molecule has 2 aromatic rings. The van der Waals surface area contributed by atoms with Crippen LogP contribution in [0.3, 0.4) is 0 Å². The van der Waals surface area contributed by atoms with Gasteiger partial charge in [0, 0.05) is 43.3 Å². The molecule has 2 aromatic heterocycles. The lowest BCUT2D eigenvalue weighted by atomic mass is 9.95. The molecule has 8 heteroatoms. The van der Waals surface area contributed by atoms with Crippen LogP contribution in [0.4, 0.5) is 0 Å². The van der Waals surface area contributed by atoms with Crippen LogP contribution in [0.2, 0.25) is 0 Å². The SMILES string of the molecule is O=C([C@@H]1CCCO1)N1CCC(c2nc(-c3nccs3)cc(=O)[nH]2)CC1. The summed E-state index contributed by atoms with van der Waals surface area (Å²) >= 11 is 1.47. The highest BCUT2D eigenvalue weighted by Gasteiger charge is 2.31. The maximum Gasteiger partial charge on any atom is 0.251 e. The molecule has 0 saturated carbocycles. The van der Waals surface area contributed by atoms with Crippen molar-refractivity contribution >= 4 is 17.2 Å². The van der Waals surface area contributed by atoms with Gasteiger partial charge in [0.05, 0.1) is 0 Å². The Bertz CT molecular complexity index is 790. The normalized spacial score (nSPS) is 21.6. The maximum absolute atomic E-state index is 12.4. The van der Waals surface area contributed by atoms with Gasteiger partial charge < -0.3 is 14.6 Å². The van der Waals surface area contributed by atoms with Gasteiger partial charge in [-0.15, -0.1) is 11.3 Å². The highest BCUT2D eigenvalue weighted by Crippen LogP contribution is 2.28. The Hall–Kier alpha value is -2.06. The maximum atomic E-state index is 12.4. The molecule has 0 unspecified atom stereocenters. The first kappa shape index (κ1) is 16.4. The van der Waals surface area contributed by atoms with Crippen LogP contribution in [0.5, 0.6) is 0 Å². The van der Waals surface area contributed by atoms with Crippen molar-refractivity contribution in [2.75, 3.05) is 19.7 Å². The van der Waals surface area contributed by atoms with Gasteiger partial charge >= 0.3 is 0 Å². The molecule has 1 atom stereocenters. The van der Waals surface area contributed by atoms with Gasteiger partial charge in [0.2, 0.25) is 0 Å². The molecule has 25 heavy (non-hydrogen) atoms. The number of carbonyl (C=O) groups excluding carboxylic acids is 1. The van der Waals surface area contributed by atoms with Crippen molar-refractivity contribution in [1.82, 2.24) is 19.9 Å². The monoisotopic (exact) mass is 360 g/mol. The van der Waals surface area contributed by atoms with Crippen LogP contribution in [0.25, 0.3) is 10.7 Å². The average molecular weight is 360 g/mol. The third-order valence-corrected chi connectivity index (χ3v) is 5.61. The van der Waals surface area contributed by atoms with Crippen molar-refractivity contribution in [2.45, 2.75) is 37.7 Å². The second kappa shape index (κ2) is 7.05. The number of H-pyrrole nitrogens is 1. The molecular weight excluding hydrogens is 340 g/mol. The molecule has 2 fully saturated rings. The Balaban J connectivity index is 1.45. The summed E-state index contributed by atoms with van der Waals surface area (Å²) in [7, 11) is 0. The lowest BCUT2D eigenvalue weighted by Crippen LogP contribution is -2.43. The fourth-order valence-corrected chi connectivity index (χ4v) is 4.08. The molecule has 0 aromatic carbocycles. The Kier molecular flexibility index (Phi) is 4.63. The van der Waals surface area contributed by atoms with E-state index in [1.807, 2.05) is 10.3 Å². The molecule has 0 radical (unpaired) electrons. The van der Waals surface area contributed by atoms with Crippen LogP contribution in [0.1, 0.15) is 37.4 Å². The van der Waals surface area contributed by atoms with E-state index in [-0.39, 0.29) is 23.5 Å². The Labute approximate surface area is 149 Å². The minimum atomic E-state index is -0.261. The largest absolute Gasteiger partial charge is 0.368 e. The van der Waals surface area contributed by atoms with Gasteiger partial charge in [-0.05, 0) is 25.7 Å². The van der Waals surface area contributed by atoms with E-state index in [2.05, 4.69) is 15.0 Å². The number of carbonyl (C=O) groups is 1. The van der Waals surface area contributed by atoms with E-state index in [9.17, 15) is 9.59 Å². The van der Waals surface area contributed by atoms with Gasteiger partial charge in [0.1, 0.15) is 22.6 Å². The second-order valence-electron chi connectivity index (χ2n) is 6.45. The molecule has 2 aliphatic rings. The van der Waals surface area contributed by atoms with Gasteiger partial charge in [-0.25, -0.2) is 9.97 Å². The number of amides is 1. The van der Waals surface area contributed by atoms with Gasteiger partial charge in [-0.1, -0.05) is 0 Å². The van der Waals surface area contributed by atoms with Crippen molar-refractivity contribution in [3.05, 3.63) is 33.8 Å². The smallest absolute Gasteiger partial charge is 0.251 e. The Morgan fingerprint density at radius 2 is 2.16 bits per heavy atom. The standard InChI is InChI=1S/C17H20N4O3S/c22-14-10-12(16-18-5-9-25-16)19-15(20-14)11-3-6-21(7-4-11)17(23)13-2-1-8-24-13/h5,9-11,13H,1-4,6-8H2,(H,19,20,22)/t13-/m0/s1. The van der Waals surface area contributed by atoms with Crippen molar-refractivity contribution < 1.29 is 9.53 Å². The predicted octanol–water partition coefficient (Wildman–Crippen LogP) is 1.78. The number of ether oxygens (including phenoxy) is 1. The summed E-state index contributed by atoms with van der Waals surface area (Å²) in [6.45, 7) is 2.03. The first-order valence-electron chi connectivity index (χ1n) is 8.62. The van der Waals surface area contributed by atoms with Crippen molar-refractivity contribution in [2.24, 2.45) is 0 Å². The second-order valence-corrected chi connectivity index (χ2v) is 7.35. The summed E-state index contributed by atoms with van der Waals surface area (Å²) < 4.78 is 5.50. The molecule has 1 N–H and O–H groups in total. The van der Waals surface area contributed by atoms with Crippen LogP contribution < -0.4 is 5.56 Å². The molecule has 2 saturated heterocycles. The van der Waals surface area contributed by atoms with Gasteiger partial charge in [0.25, 0.3) is 11.5 Å². The quantitative estimate of drug-likeness (QED) is 0.901. The number of hydrogen-bond donors (Lipinski definition) is 1. The number of aromatic nitrogens is 3. The van der Waals surface area contributed by atoms with E-state index in [0.717, 1.165) is 30.7 Å². The van der Waals surface area contributed by atoms with E-state index in [4.69, 9.17) is 4.74 Å². The molecular formula is C17H20N4O3S. The summed E-state index contributed by atoms with van der Waals surface area (Å²) in [5, 5.41) is 2.62. The summed E-state index contributed by atoms with van der Waals surface area (Å²) in [6, 6.07) is 1.48. The third-order valence-electron chi connectivity index (χ3n) is 4.81. The number of rotatable bonds is 3. The Morgan fingerprint density at radius 1 is 1.32 bits per heavy atom. The first-order valence-corrected chi connectivity index (χ1v) is 9.50. The van der Waals surface area contributed by atoms with E-state index in [1.165, 1.54) is 17.4 Å². The zero-order chi connectivity index (χ0) is 17.2. The van der Waals surface area contributed by atoms with Crippen molar-refractivity contribution in [3.63, 3.8) is 0 Å². The zero-order valence-electron chi connectivity index (χ0n) is 13.8. The molecule has 0 bridgehead atoms. The molecule has 0 aliphatic carbocycles. The minimum Gasteiger partial charge on any atom is -0.368 e. The zero-order valence-corrected chi connectivity index (χ0v) is 14.6. The third kappa shape index (κ3) is 3.50. The molecule has 132 valence electrons. The van der Waals surface area contributed by atoms with E-state index < -0.39 is 0 Å². The summed E-state index contributed by atoms with van der Waals surface area (Å²) in [5.41, 5.74) is 0.458. The van der Waals surface area contributed by atoms with Gasteiger partial charge in [-0.3, -0.25) is 9.59 Å². The fourth-order valence-electron chi connectivity index (χ4n) is 3.48. The topological polar surface area (TPSA) is 88.2 Å². The summed E-state index contributed by atoms with van der Waals surface area (Å²) in [5.74, 6) is 0.956. The van der Waals surface area contributed by atoms with Crippen LogP contribution in [-0.4, -0.2) is 51.6 Å². The molecule has 4 heterocycles. The lowest BCUT2D eigenvalue weighted by molar-refractivity contribution is -0.142. The number of nitrogens with one attached hydrogen (secondary N) is 1. The highest BCUT2D eigenvalue weighted by molar-refractivity contribution is 7.13. The molecule has 1 amide bonds. The van der Waals surface area contributed by atoms with Crippen LogP contribution in [0, 0.1) is 0 Å². The van der Waals surface area contributed by atoms with Crippen LogP contribution >= 0.6 is 11.3 Å². The summed E-state index contributed by atoms with van der Waals surface area (Å²) in [4.78, 5) is 38.0. The van der Waals surface area contributed by atoms with Gasteiger partial charge in [-0.2, -0.15) is 0 Å². The lowest BCUT2D eigenvalue weighted by Gasteiger charge is -2.32. The molecule has 0 spiro atoms. The van der Waals surface area contributed by atoms with Crippen LogP contribution in [-0.2, 0) is 9.53 Å². The number of hydrogen-bond acceptors (Lipinski definition) is 6. The average Bonchev–Trinajstić information content (AvgIpc) is 3.34. The fraction of sp³-hybridized carbons (Fsp3) is 0.529. The number of piperidine rings is 1. The van der Waals surface area contributed by atoms with Gasteiger partial charge in [0.15, 0.2) is 0 Å². The van der Waals surface area contributed by atoms with Crippen molar-refractivity contribution in [3.8, 4) is 10.7 Å². The molecule has 2 aliphatic heterocycles. The number of aromatic amines is 1. The molecule has 4 rings (SSSR count). The number of thiazole rings is 1. The van der Waals surface area contributed by atoms with Crippen LogP contribution in [0.15, 0.2) is 22.4 Å². The molecule has 7 nitrogen and oxygen atoms in total. The number of nitrogens with zero attached hydrogens (tertiary/aromatic N) is 3. The predicted molar refractivity (Wildman–Crippen MR) is 93.5 cm³/mol. The number of likely N-dealkylation sites (tertiary alicyclic amines) is 1.